The fourth-order valence-corrected chi connectivity index (χ4v) is 2.38. The molecule has 0 aromatic heterocycles. The smallest absolute Gasteiger partial charge is 0.407 e. The highest BCUT2D eigenvalue weighted by molar-refractivity contribution is 5.81. The predicted molar refractivity (Wildman–Crippen MR) is 95.4 cm³/mol. The van der Waals surface area contributed by atoms with Crippen molar-refractivity contribution in [2.75, 3.05) is 26.2 Å². The van der Waals surface area contributed by atoms with Crippen LogP contribution in [0.4, 0.5) is 10.5 Å². The van der Waals surface area contributed by atoms with Crippen LogP contribution in [0.3, 0.4) is 0 Å². The largest absolute Gasteiger partial charge is 0.480 e. The van der Waals surface area contributed by atoms with Crippen LogP contribution < -0.4 is 5.32 Å². The molecule has 0 aliphatic rings. The Morgan fingerprint density at radius 1 is 1.33 bits per heavy atom. The average Bonchev–Trinajstić information content (AvgIpc) is 2.64. The first-order chi connectivity index (χ1) is 12.8. The Bertz CT molecular complexity index is 693. The maximum atomic E-state index is 11.8. The van der Waals surface area contributed by atoms with E-state index in [1.807, 2.05) is 0 Å². The zero-order valence-electron chi connectivity index (χ0n) is 15.2. The SMILES string of the molecule is CCC(=O)N(CCNC(=O)OCC(C)c1ccccc1[N+](=O)[O-])CC(=O)O. The lowest BCUT2D eigenvalue weighted by molar-refractivity contribution is -0.385. The second-order valence-electron chi connectivity index (χ2n) is 5.80. The number of aliphatic carboxylic acids is 1. The minimum atomic E-state index is -1.14. The zero-order chi connectivity index (χ0) is 20.4. The first kappa shape index (κ1) is 21.9. The van der Waals surface area contributed by atoms with Gasteiger partial charge in [0.15, 0.2) is 0 Å². The number of amides is 2. The number of hydrogen-bond acceptors (Lipinski definition) is 6. The van der Waals surface area contributed by atoms with Crippen LogP contribution in [-0.4, -0.2) is 59.1 Å². The fraction of sp³-hybridized carbons (Fsp3) is 0.471. The summed E-state index contributed by atoms with van der Waals surface area (Å²) >= 11 is 0. The van der Waals surface area contributed by atoms with Gasteiger partial charge in [0.2, 0.25) is 5.91 Å². The number of carbonyl (C=O) groups is 3. The average molecular weight is 381 g/mol. The van der Waals surface area contributed by atoms with Crippen molar-refractivity contribution in [3.8, 4) is 0 Å². The molecule has 0 saturated carbocycles. The molecule has 10 nitrogen and oxygen atoms in total. The minimum Gasteiger partial charge on any atom is -0.480 e. The standard InChI is InChI=1S/C17H23N3O7/c1-3-15(21)19(10-16(22)23)9-8-18-17(24)27-11-12(2)13-6-4-5-7-14(13)20(25)26/h4-7,12H,3,8-11H2,1-2H3,(H,18,24)(H,22,23). The summed E-state index contributed by atoms with van der Waals surface area (Å²) in [5, 5.41) is 22.3. The molecular weight excluding hydrogens is 358 g/mol. The van der Waals surface area contributed by atoms with Gasteiger partial charge in [-0.3, -0.25) is 19.7 Å². The Balaban J connectivity index is 2.48. The maximum absolute atomic E-state index is 11.8. The van der Waals surface area contributed by atoms with Gasteiger partial charge < -0.3 is 20.1 Å². The molecule has 2 N–H and O–H groups in total. The van der Waals surface area contributed by atoms with Gasteiger partial charge in [0, 0.05) is 37.1 Å². The number of hydrogen-bond donors (Lipinski definition) is 2. The van der Waals surface area contributed by atoms with Gasteiger partial charge in [-0.25, -0.2) is 4.79 Å². The Kier molecular flexibility index (Phi) is 8.70. The van der Waals surface area contributed by atoms with Gasteiger partial charge in [-0.1, -0.05) is 32.0 Å². The summed E-state index contributed by atoms with van der Waals surface area (Å²) in [6.45, 7) is 2.86. The number of nitro benzene ring substituents is 1. The van der Waals surface area contributed by atoms with Crippen LogP contribution in [0.2, 0.25) is 0 Å². The van der Waals surface area contributed by atoms with Crippen molar-refractivity contribution in [2.45, 2.75) is 26.2 Å². The van der Waals surface area contributed by atoms with Crippen LogP contribution >= 0.6 is 0 Å². The van der Waals surface area contributed by atoms with E-state index in [-0.39, 0.29) is 43.6 Å². The summed E-state index contributed by atoms with van der Waals surface area (Å²) < 4.78 is 5.05. The molecule has 0 radical (unpaired) electrons. The van der Waals surface area contributed by atoms with E-state index in [2.05, 4.69) is 5.32 Å². The molecule has 1 unspecified atom stereocenters. The first-order valence-electron chi connectivity index (χ1n) is 8.39. The van der Waals surface area contributed by atoms with Gasteiger partial charge in [0.1, 0.15) is 13.2 Å². The third-order valence-corrected chi connectivity index (χ3v) is 3.76. The molecule has 0 aliphatic carbocycles. The van der Waals surface area contributed by atoms with Crippen molar-refractivity contribution in [2.24, 2.45) is 0 Å². The lowest BCUT2D eigenvalue weighted by atomic mass is 10.0. The molecule has 0 fully saturated rings. The third kappa shape index (κ3) is 7.30. The van der Waals surface area contributed by atoms with Crippen LogP contribution in [0, 0.1) is 10.1 Å². The molecule has 1 atom stereocenters. The second kappa shape index (κ2) is 10.7. The number of para-hydroxylation sites is 1. The number of carboxylic acid groups (broad SMARTS) is 1. The van der Waals surface area contributed by atoms with Crippen LogP contribution in [-0.2, 0) is 14.3 Å². The number of nitrogens with zero attached hydrogens (tertiary/aromatic N) is 2. The van der Waals surface area contributed by atoms with E-state index >= 15 is 0 Å². The normalized spacial score (nSPS) is 11.3. The van der Waals surface area contributed by atoms with Crippen molar-refractivity contribution in [1.29, 1.82) is 0 Å². The van der Waals surface area contributed by atoms with Crippen molar-refractivity contribution < 1.29 is 29.2 Å². The van der Waals surface area contributed by atoms with E-state index in [1.54, 1.807) is 32.0 Å². The molecule has 1 rings (SSSR count). The molecule has 0 aliphatic heterocycles. The molecule has 148 valence electrons. The van der Waals surface area contributed by atoms with Gasteiger partial charge >= 0.3 is 12.1 Å². The van der Waals surface area contributed by atoms with E-state index in [1.165, 1.54) is 6.07 Å². The molecular formula is C17H23N3O7. The van der Waals surface area contributed by atoms with E-state index in [0.29, 0.717) is 5.56 Å². The van der Waals surface area contributed by atoms with Gasteiger partial charge in [-0.15, -0.1) is 0 Å². The molecule has 1 aromatic carbocycles. The van der Waals surface area contributed by atoms with Gasteiger partial charge in [-0.05, 0) is 0 Å². The number of carbonyl (C=O) groups excluding carboxylic acids is 2. The minimum absolute atomic E-state index is 0.0255. The number of nitrogens with one attached hydrogen (secondary N) is 1. The first-order valence-corrected chi connectivity index (χ1v) is 8.39. The summed E-state index contributed by atoms with van der Waals surface area (Å²) in [5.74, 6) is -1.86. The van der Waals surface area contributed by atoms with Crippen molar-refractivity contribution in [3.63, 3.8) is 0 Å². The summed E-state index contributed by atoms with van der Waals surface area (Å²) in [6.07, 6.45) is -0.592. The number of nitro groups is 1. The third-order valence-electron chi connectivity index (χ3n) is 3.76. The van der Waals surface area contributed by atoms with Crippen molar-refractivity contribution in [3.05, 3.63) is 39.9 Å². The lowest BCUT2D eigenvalue weighted by Gasteiger charge is -2.20. The number of rotatable bonds is 10. The lowest BCUT2D eigenvalue weighted by Crippen LogP contribution is -2.41. The van der Waals surface area contributed by atoms with E-state index < -0.39 is 23.5 Å². The zero-order valence-corrected chi connectivity index (χ0v) is 15.2. The summed E-state index contributed by atoms with van der Waals surface area (Å²) in [6, 6.07) is 6.21. The van der Waals surface area contributed by atoms with Gasteiger partial charge in [0.25, 0.3) is 5.69 Å². The topological polar surface area (TPSA) is 139 Å². The van der Waals surface area contributed by atoms with Crippen LogP contribution in [0.25, 0.3) is 0 Å². The molecule has 0 saturated heterocycles. The van der Waals surface area contributed by atoms with Crippen LogP contribution in [0.5, 0.6) is 0 Å². The van der Waals surface area contributed by atoms with Gasteiger partial charge in [-0.2, -0.15) is 0 Å². The van der Waals surface area contributed by atoms with E-state index in [0.717, 1.165) is 4.90 Å². The maximum Gasteiger partial charge on any atom is 0.407 e. The highest BCUT2D eigenvalue weighted by atomic mass is 16.6. The number of carboxylic acids is 1. The van der Waals surface area contributed by atoms with E-state index in [9.17, 15) is 24.5 Å². The van der Waals surface area contributed by atoms with Crippen molar-refractivity contribution in [1.82, 2.24) is 10.2 Å². The molecule has 0 heterocycles. The van der Waals surface area contributed by atoms with Gasteiger partial charge in [0.05, 0.1) is 4.92 Å². The molecule has 0 spiro atoms. The molecule has 1 aromatic rings. The summed E-state index contributed by atoms with van der Waals surface area (Å²) in [4.78, 5) is 45.8. The fourth-order valence-electron chi connectivity index (χ4n) is 2.38. The van der Waals surface area contributed by atoms with E-state index in [4.69, 9.17) is 9.84 Å². The number of ether oxygens (including phenoxy) is 1. The van der Waals surface area contributed by atoms with Crippen LogP contribution in [0.1, 0.15) is 31.7 Å². The Morgan fingerprint density at radius 3 is 2.59 bits per heavy atom. The number of benzene rings is 1. The monoisotopic (exact) mass is 381 g/mol. The molecule has 0 bridgehead atoms. The highest BCUT2D eigenvalue weighted by Crippen LogP contribution is 2.26. The summed E-state index contributed by atoms with van der Waals surface area (Å²) in [5.41, 5.74) is 0.410. The van der Waals surface area contributed by atoms with Crippen LogP contribution in [0.15, 0.2) is 24.3 Å². The Hall–Kier alpha value is -3.17. The highest BCUT2D eigenvalue weighted by Gasteiger charge is 2.20. The second-order valence-corrected chi connectivity index (χ2v) is 5.80. The molecule has 10 heteroatoms. The predicted octanol–water partition coefficient (Wildman–Crippen LogP) is 1.75. The summed E-state index contributed by atoms with van der Waals surface area (Å²) in [7, 11) is 0. The Morgan fingerprint density at radius 2 is 2.00 bits per heavy atom. The Labute approximate surface area is 156 Å². The number of alkyl carbamates (subject to hydrolysis) is 1. The quantitative estimate of drug-likeness (QED) is 0.465. The molecule has 27 heavy (non-hydrogen) atoms. The molecule has 2 amide bonds. The van der Waals surface area contributed by atoms with Crippen molar-refractivity contribution >= 4 is 23.7 Å².